The van der Waals surface area contributed by atoms with Crippen molar-refractivity contribution in [3.8, 4) is 0 Å². The number of hydrogen-bond acceptors (Lipinski definition) is 2. The van der Waals surface area contributed by atoms with E-state index in [4.69, 9.17) is 5.73 Å². The Hall–Kier alpha value is -0.930. The third kappa shape index (κ3) is 3.77. The van der Waals surface area contributed by atoms with Crippen LogP contribution in [0.2, 0.25) is 0 Å². The van der Waals surface area contributed by atoms with Gasteiger partial charge in [-0.25, -0.2) is 4.39 Å². The molecule has 106 valence electrons. The molecule has 19 heavy (non-hydrogen) atoms. The van der Waals surface area contributed by atoms with Gasteiger partial charge in [-0.2, -0.15) is 0 Å². The van der Waals surface area contributed by atoms with Gasteiger partial charge in [-0.3, -0.25) is 0 Å². The van der Waals surface area contributed by atoms with E-state index in [9.17, 15) is 4.39 Å². The van der Waals surface area contributed by atoms with Crippen molar-refractivity contribution in [2.75, 3.05) is 26.2 Å². The summed E-state index contributed by atoms with van der Waals surface area (Å²) in [6.07, 6.45) is 3.58. The summed E-state index contributed by atoms with van der Waals surface area (Å²) in [5.74, 6) is 0.749. The fourth-order valence-electron chi connectivity index (χ4n) is 3.23. The predicted molar refractivity (Wildman–Crippen MR) is 77.7 cm³/mol. The zero-order valence-corrected chi connectivity index (χ0v) is 11.8. The average molecular weight is 264 g/mol. The van der Waals surface area contributed by atoms with Crippen LogP contribution in [0.3, 0.4) is 0 Å². The van der Waals surface area contributed by atoms with E-state index in [0.717, 1.165) is 18.7 Å². The minimum Gasteiger partial charge on any atom is -0.330 e. The first kappa shape index (κ1) is 14.5. The molecule has 2 rings (SSSR count). The zero-order chi connectivity index (χ0) is 13.7. The number of likely N-dealkylation sites (tertiary alicyclic amines) is 1. The molecule has 0 bridgehead atoms. The number of hydrogen-bond donors (Lipinski definition) is 1. The van der Waals surface area contributed by atoms with E-state index in [1.807, 2.05) is 6.07 Å². The molecule has 0 spiro atoms. The molecule has 2 N–H and O–H groups in total. The Balaban J connectivity index is 1.99. The Labute approximate surface area is 115 Å². The smallest absolute Gasteiger partial charge is 0.123 e. The minimum absolute atomic E-state index is 0.153. The van der Waals surface area contributed by atoms with Gasteiger partial charge in [0.1, 0.15) is 5.82 Å². The number of rotatable bonds is 5. The molecule has 1 unspecified atom stereocenters. The van der Waals surface area contributed by atoms with Crippen LogP contribution in [0, 0.1) is 11.7 Å². The summed E-state index contributed by atoms with van der Waals surface area (Å²) < 4.78 is 13.3. The van der Waals surface area contributed by atoms with E-state index in [2.05, 4.69) is 11.8 Å². The van der Waals surface area contributed by atoms with E-state index in [1.54, 1.807) is 12.1 Å². The summed E-state index contributed by atoms with van der Waals surface area (Å²) in [5.41, 5.74) is 7.01. The van der Waals surface area contributed by atoms with Crippen LogP contribution in [0.5, 0.6) is 0 Å². The summed E-state index contributed by atoms with van der Waals surface area (Å²) in [6.45, 7) is 6.35. The van der Waals surface area contributed by atoms with Gasteiger partial charge >= 0.3 is 0 Å². The largest absolute Gasteiger partial charge is 0.330 e. The van der Waals surface area contributed by atoms with Crippen LogP contribution >= 0.6 is 0 Å². The van der Waals surface area contributed by atoms with Crippen molar-refractivity contribution in [3.63, 3.8) is 0 Å². The highest BCUT2D eigenvalue weighted by molar-refractivity contribution is 5.22. The van der Waals surface area contributed by atoms with Crippen LogP contribution in [-0.2, 0) is 0 Å². The minimum atomic E-state index is -0.153. The normalized spacial score (nSPS) is 19.5. The van der Waals surface area contributed by atoms with Crippen molar-refractivity contribution in [1.29, 1.82) is 0 Å². The third-order valence-electron chi connectivity index (χ3n) is 4.27. The fourth-order valence-corrected chi connectivity index (χ4v) is 3.23. The Morgan fingerprint density at radius 1 is 1.37 bits per heavy atom. The second-order valence-electron chi connectivity index (χ2n) is 5.58. The van der Waals surface area contributed by atoms with Crippen LogP contribution in [0.4, 0.5) is 4.39 Å². The average Bonchev–Trinajstić information content (AvgIpc) is 2.42. The Kier molecular flexibility index (Phi) is 5.34. The Morgan fingerprint density at radius 3 is 2.68 bits per heavy atom. The van der Waals surface area contributed by atoms with Gasteiger partial charge in [-0.05, 0) is 75.0 Å². The first-order chi connectivity index (χ1) is 9.24. The van der Waals surface area contributed by atoms with Crippen molar-refractivity contribution in [2.24, 2.45) is 11.7 Å². The third-order valence-corrected chi connectivity index (χ3v) is 4.27. The molecule has 1 heterocycles. The summed E-state index contributed by atoms with van der Waals surface area (Å²) >= 11 is 0. The van der Waals surface area contributed by atoms with Crippen molar-refractivity contribution in [3.05, 3.63) is 35.6 Å². The van der Waals surface area contributed by atoms with E-state index in [1.165, 1.54) is 31.9 Å². The van der Waals surface area contributed by atoms with E-state index in [0.29, 0.717) is 18.4 Å². The highest BCUT2D eigenvalue weighted by atomic mass is 19.1. The molecule has 1 aliphatic heterocycles. The van der Waals surface area contributed by atoms with Gasteiger partial charge in [0.2, 0.25) is 0 Å². The second-order valence-corrected chi connectivity index (χ2v) is 5.58. The molecule has 0 aromatic heterocycles. The first-order valence-corrected chi connectivity index (χ1v) is 7.42. The highest BCUT2D eigenvalue weighted by Gasteiger charge is 2.26. The monoisotopic (exact) mass is 264 g/mol. The van der Waals surface area contributed by atoms with Gasteiger partial charge in [0.15, 0.2) is 0 Å². The van der Waals surface area contributed by atoms with Gasteiger partial charge in [-0.1, -0.05) is 19.1 Å². The number of piperidine rings is 1. The predicted octanol–water partition coefficient (Wildman–Crippen LogP) is 2.99. The molecule has 1 aromatic carbocycles. The number of nitrogens with two attached hydrogens (primary N) is 1. The Morgan fingerprint density at radius 2 is 2.11 bits per heavy atom. The zero-order valence-electron chi connectivity index (χ0n) is 11.8. The number of halogens is 1. The lowest BCUT2D eigenvalue weighted by molar-refractivity contribution is 0.169. The summed E-state index contributed by atoms with van der Waals surface area (Å²) in [6, 6.07) is 6.95. The molecule has 0 aliphatic carbocycles. The molecule has 0 saturated carbocycles. The molecule has 1 fully saturated rings. The van der Waals surface area contributed by atoms with Crippen LogP contribution < -0.4 is 5.73 Å². The lowest BCUT2D eigenvalue weighted by Crippen LogP contribution is -2.37. The Bertz CT molecular complexity index is 386. The highest BCUT2D eigenvalue weighted by Crippen LogP contribution is 2.32. The van der Waals surface area contributed by atoms with Crippen LogP contribution in [0.15, 0.2) is 24.3 Å². The maximum atomic E-state index is 13.3. The molecular weight excluding hydrogens is 239 g/mol. The van der Waals surface area contributed by atoms with Crippen molar-refractivity contribution >= 4 is 0 Å². The number of nitrogens with zero attached hydrogens (tertiary/aromatic N) is 1. The van der Waals surface area contributed by atoms with Gasteiger partial charge in [-0.15, -0.1) is 0 Å². The molecule has 1 saturated heterocycles. The van der Waals surface area contributed by atoms with Crippen molar-refractivity contribution in [1.82, 2.24) is 4.90 Å². The maximum Gasteiger partial charge on any atom is 0.123 e. The quantitative estimate of drug-likeness (QED) is 0.886. The molecule has 1 atom stereocenters. The molecule has 3 heteroatoms. The first-order valence-electron chi connectivity index (χ1n) is 7.42. The van der Waals surface area contributed by atoms with Gasteiger partial charge < -0.3 is 10.6 Å². The fraction of sp³-hybridized carbons (Fsp3) is 0.625. The summed E-state index contributed by atoms with van der Waals surface area (Å²) in [4.78, 5) is 2.52. The van der Waals surface area contributed by atoms with Crippen LogP contribution in [0.1, 0.15) is 37.7 Å². The lowest BCUT2D eigenvalue weighted by Gasteiger charge is -2.35. The lowest BCUT2D eigenvalue weighted by atomic mass is 9.80. The second kappa shape index (κ2) is 7.01. The topological polar surface area (TPSA) is 29.3 Å². The SMILES string of the molecule is CCCN1CCC(C(CN)c2cccc(F)c2)CC1. The van der Waals surface area contributed by atoms with Gasteiger partial charge in [0.25, 0.3) is 0 Å². The number of benzene rings is 1. The van der Waals surface area contributed by atoms with Crippen molar-refractivity contribution < 1.29 is 4.39 Å². The van der Waals surface area contributed by atoms with Gasteiger partial charge in [0, 0.05) is 0 Å². The molecular formula is C16H25FN2. The van der Waals surface area contributed by atoms with E-state index < -0.39 is 0 Å². The summed E-state index contributed by atoms with van der Waals surface area (Å²) in [5, 5.41) is 0. The molecule has 0 radical (unpaired) electrons. The van der Waals surface area contributed by atoms with Gasteiger partial charge in [0.05, 0.1) is 0 Å². The molecule has 2 nitrogen and oxygen atoms in total. The van der Waals surface area contributed by atoms with Crippen LogP contribution in [0.25, 0.3) is 0 Å². The van der Waals surface area contributed by atoms with Crippen molar-refractivity contribution in [2.45, 2.75) is 32.1 Å². The standard InChI is InChI=1S/C16H25FN2/c1-2-8-19-9-6-13(7-10-19)16(12-18)14-4-3-5-15(17)11-14/h3-5,11,13,16H,2,6-10,12,18H2,1H3. The molecule has 0 amide bonds. The molecule has 1 aromatic rings. The van der Waals surface area contributed by atoms with Crippen LogP contribution in [-0.4, -0.2) is 31.1 Å². The molecule has 1 aliphatic rings. The maximum absolute atomic E-state index is 13.3. The van der Waals surface area contributed by atoms with E-state index >= 15 is 0 Å². The van der Waals surface area contributed by atoms with E-state index in [-0.39, 0.29) is 5.82 Å². The summed E-state index contributed by atoms with van der Waals surface area (Å²) in [7, 11) is 0.